The molecule has 0 spiro atoms. The molecule has 208 valence electrons. The molecule has 0 saturated carbocycles. The predicted octanol–water partition coefficient (Wildman–Crippen LogP) is 3.82. The van der Waals surface area contributed by atoms with E-state index >= 15 is 0 Å². The van der Waals surface area contributed by atoms with Crippen LogP contribution in [0.2, 0.25) is 0 Å². The van der Waals surface area contributed by atoms with Gasteiger partial charge in [-0.05, 0) is 35.9 Å². The lowest BCUT2D eigenvalue weighted by Crippen LogP contribution is -2.38. The van der Waals surface area contributed by atoms with Gasteiger partial charge in [0.2, 0.25) is 0 Å². The van der Waals surface area contributed by atoms with E-state index in [1.807, 2.05) is 35.4 Å². The van der Waals surface area contributed by atoms with Crippen molar-refractivity contribution < 1.29 is 18.1 Å². The van der Waals surface area contributed by atoms with Crippen LogP contribution in [0.15, 0.2) is 66.8 Å². The lowest BCUT2D eigenvalue weighted by atomic mass is 9.99. The monoisotopic (exact) mass is 565 g/mol. The van der Waals surface area contributed by atoms with Crippen molar-refractivity contribution in [3.05, 3.63) is 89.5 Å². The number of hydrogen-bond acceptors (Lipinski definition) is 8. The fourth-order valence-electron chi connectivity index (χ4n) is 4.51. The number of dihydropyridines is 1. The lowest BCUT2D eigenvalue weighted by molar-refractivity contribution is 0.0360. The molecule has 1 fully saturated rings. The van der Waals surface area contributed by atoms with Crippen LogP contribution in [0.1, 0.15) is 11.1 Å². The summed E-state index contributed by atoms with van der Waals surface area (Å²) in [5, 5.41) is 15.9. The highest BCUT2D eigenvalue weighted by atomic mass is 32.2. The summed E-state index contributed by atoms with van der Waals surface area (Å²) in [5.41, 5.74) is 3.86. The van der Waals surface area contributed by atoms with Gasteiger partial charge in [0.1, 0.15) is 17.9 Å². The maximum absolute atomic E-state index is 14.6. The SMILES string of the molecule is C[S+]([O-])Nc1cc(/C(C=N)=C2\C=CC(c3cnn(CCN4CCOCC4)c3)=CN2)cc(-c2ccc(F)cc2F)n1. The molecule has 3 aromatic rings. The van der Waals surface area contributed by atoms with Crippen LogP contribution in [0, 0.1) is 17.0 Å². The van der Waals surface area contributed by atoms with Crippen LogP contribution in [0.5, 0.6) is 0 Å². The summed E-state index contributed by atoms with van der Waals surface area (Å²) >= 11 is -1.44. The quantitative estimate of drug-likeness (QED) is 0.267. The highest BCUT2D eigenvalue weighted by Crippen LogP contribution is 2.30. The molecule has 5 rings (SSSR count). The topological polar surface area (TPSA) is 114 Å². The molecule has 0 radical (unpaired) electrons. The van der Waals surface area contributed by atoms with Crippen LogP contribution < -0.4 is 10.0 Å². The number of rotatable bonds is 9. The Balaban J connectivity index is 1.38. The third-order valence-corrected chi connectivity index (χ3v) is 7.05. The second-order valence-electron chi connectivity index (χ2n) is 9.30. The molecular formula is C28H29F2N7O2S. The molecule has 2 aromatic heterocycles. The van der Waals surface area contributed by atoms with Gasteiger partial charge in [0, 0.05) is 72.3 Å². The Labute approximate surface area is 234 Å². The van der Waals surface area contributed by atoms with E-state index in [0.717, 1.165) is 62.7 Å². The zero-order chi connectivity index (χ0) is 28.1. The predicted molar refractivity (Wildman–Crippen MR) is 153 cm³/mol. The molecule has 3 N–H and O–H groups in total. The highest BCUT2D eigenvalue weighted by Gasteiger charge is 2.17. The molecule has 0 bridgehead atoms. The number of pyridine rings is 1. The molecule has 1 aromatic carbocycles. The standard InChI is InChI=1S/C28H29F2N7O2S/c1-40(38)35-28-13-20(12-27(34-28)23-4-3-22(29)14-25(23)30)24(15-31)26-5-2-19(16-32-26)21-17-33-37(18-21)7-6-36-8-10-39-11-9-36/h2-5,12-18,31-32H,6-11H2,1H3,(H,34,35)/b26-24+,31-15?. The maximum atomic E-state index is 14.6. The van der Waals surface area contributed by atoms with E-state index in [9.17, 15) is 13.3 Å². The summed E-state index contributed by atoms with van der Waals surface area (Å²) in [7, 11) is 0. The van der Waals surface area contributed by atoms with Crippen molar-refractivity contribution in [2.24, 2.45) is 0 Å². The number of benzene rings is 1. The van der Waals surface area contributed by atoms with Crippen molar-refractivity contribution in [2.75, 3.05) is 43.8 Å². The summed E-state index contributed by atoms with van der Waals surface area (Å²) in [6.07, 6.45) is 12.1. The minimum atomic E-state index is -1.44. The Morgan fingerprint density at radius 2 is 2.02 bits per heavy atom. The molecule has 1 unspecified atom stereocenters. The normalized spacial score (nSPS) is 17.6. The average Bonchev–Trinajstić information content (AvgIpc) is 3.42. The first-order valence-corrected chi connectivity index (χ1v) is 14.3. The second kappa shape index (κ2) is 12.6. The molecular weight excluding hydrogens is 536 g/mol. The van der Waals surface area contributed by atoms with Gasteiger partial charge in [-0.15, -0.1) is 0 Å². The van der Waals surface area contributed by atoms with E-state index in [0.29, 0.717) is 16.8 Å². The molecule has 12 heteroatoms. The van der Waals surface area contributed by atoms with E-state index < -0.39 is 23.0 Å². The van der Waals surface area contributed by atoms with Gasteiger partial charge in [0.15, 0.2) is 5.82 Å². The van der Waals surface area contributed by atoms with Crippen molar-refractivity contribution in [3.8, 4) is 11.3 Å². The number of nitrogens with zero attached hydrogens (tertiary/aromatic N) is 4. The van der Waals surface area contributed by atoms with Gasteiger partial charge in [-0.1, -0.05) is 6.08 Å². The summed E-state index contributed by atoms with van der Waals surface area (Å²) in [5.74, 6) is -1.24. The minimum Gasteiger partial charge on any atom is -0.593 e. The van der Waals surface area contributed by atoms with Gasteiger partial charge in [-0.25, -0.2) is 13.8 Å². The molecule has 2 aliphatic rings. The molecule has 1 atom stereocenters. The van der Waals surface area contributed by atoms with E-state index in [2.05, 4.69) is 25.0 Å². The number of hydrogen-bond donors (Lipinski definition) is 3. The fraction of sp³-hybridized carbons (Fsp3) is 0.250. The van der Waals surface area contributed by atoms with Crippen molar-refractivity contribution >= 4 is 34.5 Å². The van der Waals surface area contributed by atoms with Crippen LogP contribution in [-0.4, -0.2) is 69.5 Å². The van der Waals surface area contributed by atoms with Crippen molar-refractivity contribution in [3.63, 3.8) is 0 Å². The first-order chi connectivity index (χ1) is 19.4. The first kappa shape index (κ1) is 27.7. The van der Waals surface area contributed by atoms with Crippen molar-refractivity contribution in [1.82, 2.24) is 25.0 Å². The second-order valence-corrected chi connectivity index (χ2v) is 10.4. The van der Waals surface area contributed by atoms with Gasteiger partial charge in [-0.2, -0.15) is 9.82 Å². The summed E-state index contributed by atoms with van der Waals surface area (Å²) in [6.45, 7) is 5.09. The van der Waals surface area contributed by atoms with Crippen LogP contribution in [0.25, 0.3) is 22.4 Å². The molecule has 0 aliphatic carbocycles. The number of nitrogens with one attached hydrogen (secondary N) is 3. The van der Waals surface area contributed by atoms with E-state index in [-0.39, 0.29) is 17.1 Å². The highest BCUT2D eigenvalue weighted by molar-refractivity contribution is 7.92. The van der Waals surface area contributed by atoms with Gasteiger partial charge in [0.25, 0.3) is 0 Å². The summed E-state index contributed by atoms with van der Waals surface area (Å²) in [4.78, 5) is 6.72. The first-order valence-electron chi connectivity index (χ1n) is 12.7. The number of morpholine rings is 1. The number of anilines is 1. The third kappa shape index (κ3) is 6.65. The van der Waals surface area contributed by atoms with Crippen molar-refractivity contribution in [1.29, 1.82) is 5.41 Å². The van der Waals surface area contributed by atoms with Crippen LogP contribution in [0.3, 0.4) is 0 Å². The Kier molecular flexibility index (Phi) is 8.70. The lowest BCUT2D eigenvalue weighted by Gasteiger charge is -2.26. The van der Waals surface area contributed by atoms with Crippen LogP contribution in [0.4, 0.5) is 14.6 Å². The molecule has 1 saturated heterocycles. The Morgan fingerprint density at radius 1 is 1.20 bits per heavy atom. The summed E-state index contributed by atoms with van der Waals surface area (Å²) in [6, 6.07) is 6.48. The molecule has 40 heavy (non-hydrogen) atoms. The molecule has 0 amide bonds. The number of aromatic nitrogens is 3. The maximum Gasteiger partial charge on any atom is 0.171 e. The molecule has 4 heterocycles. The number of ether oxygens (including phenoxy) is 1. The van der Waals surface area contributed by atoms with E-state index in [1.165, 1.54) is 18.5 Å². The zero-order valence-corrected chi connectivity index (χ0v) is 22.7. The van der Waals surface area contributed by atoms with Gasteiger partial charge < -0.3 is 20.0 Å². The minimum absolute atomic E-state index is 0.0856. The van der Waals surface area contributed by atoms with Crippen LogP contribution in [-0.2, 0) is 22.6 Å². The van der Waals surface area contributed by atoms with Gasteiger partial charge >= 0.3 is 0 Å². The third-order valence-electron chi connectivity index (χ3n) is 6.55. The van der Waals surface area contributed by atoms with Gasteiger partial charge in [-0.3, -0.25) is 9.58 Å². The van der Waals surface area contributed by atoms with E-state index in [1.54, 1.807) is 12.1 Å². The number of halogens is 2. The van der Waals surface area contributed by atoms with E-state index in [4.69, 9.17) is 10.1 Å². The largest absolute Gasteiger partial charge is 0.593 e. The fourth-order valence-corrected chi connectivity index (χ4v) is 4.91. The van der Waals surface area contributed by atoms with Crippen LogP contribution >= 0.6 is 0 Å². The molecule has 2 aliphatic heterocycles. The number of allylic oxidation sites excluding steroid dienone is 4. The molecule has 9 nitrogen and oxygen atoms in total. The van der Waals surface area contributed by atoms with Gasteiger partial charge in [0.05, 0.1) is 43.0 Å². The Bertz CT molecular complexity index is 1480. The van der Waals surface area contributed by atoms with Crippen molar-refractivity contribution in [2.45, 2.75) is 6.54 Å². The zero-order valence-electron chi connectivity index (χ0n) is 21.9. The summed E-state index contributed by atoms with van der Waals surface area (Å²) < 4.78 is 50.0. The smallest absolute Gasteiger partial charge is 0.171 e. The Morgan fingerprint density at radius 3 is 2.73 bits per heavy atom. The average molecular weight is 566 g/mol. The Hall–Kier alpha value is -3.84.